The molecule has 5 nitrogen and oxygen atoms in total. The summed E-state index contributed by atoms with van der Waals surface area (Å²) in [4.78, 5) is 20.1. The maximum absolute atomic E-state index is 11.3. The van der Waals surface area contributed by atoms with E-state index in [1.165, 1.54) is 25.1 Å². The highest BCUT2D eigenvalue weighted by Gasteiger charge is 2.10. The van der Waals surface area contributed by atoms with E-state index >= 15 is 0 Å². The van der Waals surface area contributed by atoms with Gasteiger partial charge in [0.25, 0.3) is 0 Å². The van der Waals surface area contributed by atoms with Crippen LogP contribution in [-0.4, -0.2) is 23.0 Å². The molecule has 6 heteroatoms. The van der Waals surface area contributed by atoms with Crippen LogP contribution in [0.2, 0.25) is 0 Å². The predicted octanol–water partition coefficient (Wildman–Crippen LogP) is 2.00. The van der Waals surface area contributed by atoms with Gasteiger partial charge in [-0.1, -0.05) is 23.9 Å². The molecule has 0 spiro atoms. The Bertz CT molecular complexity index is 575. The number of anilines is 1. The van der Waals surface area contributed by atoms with Gasteiger partial charge in [0.2, 0.25) is 5.82 Å². The third-order valence-electron chi connectivity index (χ3n) is 2.13. The standard InChI is InChI=1S/C12H11N3O2S/c1-17-12(16)11-14-7-6-10(15-11)18-9-5-3-2-4-8(9)13/h2-7H,13H2,1H3. The van der Waals surface area contributed by atoms with Gasteiger partial charge < -0.3 is 10.5 Å². The number of hydrogen-bond acceptors (Lipinski definition) is 6. The van der Waals surface area contributed by atoms with E-state index in [-0.39, 0.29) is 5.82 Å². The van der Waals surface area contributed by atoms with Gasteiger partial charge in [0.15, 0.2) is 0 Å². The zero-order valence-electron chi connectivity index (χ0n) is 9.66. The lowest BCUT2D eigenvalue weighted by Gasteiger charge is -2.04. The van der Waals surface area contributed by atoms with E-state index < -0.39 is 5.97 Å². The summed E-state index contributed by atoms with van der Waals surface area (Å²) in [6.07, 6.45) is 1.51. The topological polar surface area (TPSA) is 78.1 Å². The molecule has 0 bridgehead atoms. The number of methoxy groups -OCH3 is 1. The first-order chi connectivity index (χ1) is 8.70. The van der Waals surface area contributed by atoms with Gasteiger partial charge >= 0.3 is 5.97 Å². The number of benzene rings is 1. The first kappa shape index (κ1) is 12.4. The molecule has 2 rings (SSSR count). The van der Waals surface area contributed by atoms with Crippen LogP contribution in [0, 0.1) is 0 Å². The van der Waals surface area contributed by atoms with Gasteiger partial charge in [-0.3, -0.25) is 0 Å². The molecular weight excluding hydrogens is 250 g/mol. The number of esters is 1. The van der Waals surface area contributed by atoms with Crippen LogP contribution in [0.1, 0.15) is 10.6 Å². The largest absolute Gasteiger partial charge is 0.463 e. The van der Waals surface area contributed by atoms with Crippen LogP contribution in [0.15, 0.2) is 46.5 Å². The van der Waals surface area contributed by atoms with Crippen molar-refractivity contribution in [3.8, 4) is 0 Å². The number of carbonyl (C=O) groups is 1. The lowest BCUT2D eigenvalue weighted by atomic mass is 10.3. The van der Waals surface area contributed by atoms with E-state index in [1.54, 1.807) is 6.07 Å². The Morgan fingerprint density at radius 3 is 2.83 bits per heavy atom. The molecule has 0 fully saturated rings. The highest BCUT2D eigenvalue weighted by molar-refractivity contribution is 7.99. The molecule has 0 aliphatic heterocycles. The zero-order valence-corrected chi connectivity index (χ0v) is 10.5. The maximum atomic E-state index is 11.3. The fourth-order valence-electron chi connectivity index (χ4n) is 1.27. The third-order valence-corrected chi connectivity index (χ3v) is 3.16. The summed E-state index contributed by atoms with van der Waals surface area (Å²) in [5.41, 5.74) is 6.50. The molecule has 0 radical (unpaired) electrons. The van der Waals surface area contributed by atoms with Crippen LogP contribution in [-0.2, 0) is 4.74 Å². The molecule has 0 amide bonds. The molecule has 1 aromatic heterocycles. The molecule has 1 aromatic carbocycles. The maximum Gasteiger partial charge on any atom is 0.376 e. The number of nitrogen functional groups attached to an aromatic ring is 1. The van der Waals surface area contributed by atoms with Crippen LogP contribution >= 0.6 is 11.8 Å². The Hall–Kier alpha value is -2.08. The molecule has 0 atom stereocenters. The molecule has 92 valence electrons. The van der Waals surface area contributed by atoms with Crippen molar-refractivity contribution in [3.05, 3.63) is 42.4 Å². The van der Waals surface area contributed by atoms with E-state index in [4.69, 9.17) is 5.73 Å². The second-order valence-electron chi connectivity index (χ2n) is 3.35. The number of rotatable bonds is 3. The van der Waals surface area contributed by atoms with E-state index in [0.29, 0.717) is 10.7 Å². The molecule has 18 heavy (non-hydrogen) atoms. The molecule has 1 heterocycles. The van der Waals surface area contributed by atoms with Crippen molar-refractivity contribution in [2.24, 2.45) is 0 Å². The lowest BCUT2D eigenvalue weighted by molar-refractivity contribution is 0.0585. The van der Waals surface area contributed by atoms with Crippen LogP contribution in [0.25, 0.3) is 0 Å². The average molecular weight is 261 g/mol. The quantitative estimate of drug-likeness (QED) is 0.517. The number of carbonyl (C=O) groups excluding carboxylic acids is 1. The highest BCUT2D eigenvalue weighted by atomic mass is 32.2. The number of hydrogen-bond donors (Lipinski definition) is 1. The van der Waals surface area contributed by atoms with Gasteiger partial charge in [0.1, 0.15) is 5.03 Å². The molecule has 2 aromatic rings. The van der Waals surface area contributed by atoms with Gasteiger partial charge in [-0.25, -0.2) is 14.8 Å². The second kappa shape index (κ2) is 5.50. The van der Waals surface area contributed by atoms with E-state index in [0.717, 1.165) is 4.90 Å². The molecule has 0 saturated carbocycles. The normalized spacial score (nSPS) is 10.1. The Balaban J connectivity index is 2.25. The van der Waals surface area contributed by atoms with Crippen LogP contribution in [0.3, 0.4) is 0 Å². The Kier molecular flexibility index (Phi) is 3.78. The number of nitrogens with two attached hydrogens (primary N) is 1. The first-order valence-corrected chi connectivity index (χ1v) is 5.96. The van der Waals surface area contributed by atoms with E-state index in [9.17, 15) is 4.79 Å². The van der Waals surface area contributed by atoms with Crippen LogP contribution in [0.5, 0.6) is 0 Å². The summed E-state index contributed by atoms with van der Waals surface area (Å²) in [6, 6.07) is 9.16. The fourth-order valence-corrected chi connectivity index (χ4v) is 2.09. The van der Waals surface area contributed by atoms with Crippen molar-refractivity contribution in [3.63, 3.8) is 0 Å². The number of para-hydroxylation sites is 1. The van der Waals surface area contributed by atoms with Crippen molar-refractivity contribution in [1.82, 2.24) is 9.97 Å². The van der Waals surface area contributed by atoms with Gasteiger partial charge in [0.05, 0.1) is 7.11 Å². The van der Waals surface area contributed by atoms with Gasteiger partial charge in [-0.05, 0) is 18.2 Å². The van der Waals surface area contributed by atoms with Crippen molar-refractivity contribution < 1.29 is 9.53 Å². The fraction of sp³-hybridized carbons (Fsp3) is 0.0833. The van der Waals surface area contributed by atoms with Gasteiger partial charge in [0, 0.05) is 16.8 Å². The Morgan fingerprint density at radius 2 is 2.11 bits per heavy atom. The smallest absolute Gasteiger partial charge is 0.376 e. The summed E-state index contributed by atoms with van der Waals surface area (Å²) in [5.74, 6) is -0.518. The molecule has 0 saturated heterocycles. The van der Waals surface area contributed by atoms with Crippen LogP contribution < -0.4 is 5.73 Å². The molecular formula is C12H11N3O2S. The minimum Gasteiger partial charge on any atom is -0.463 e. The summed E-state index contributed by atoms with van der Waals surface area (Å²) >= 11 is 1.37. The van der Waals surface area contributed by atoms with Gasteiger partial charge in [-0.2, -0.15) is 0 Å². The SMILES string of the molecule is COC(=O)c1nccc(Sc2ccccc2N)n1. The highest BCUT2D eigenvalue weighted by Crippen LogP contribution is 2.30. The summed E-state index contributed by atoms with van der Waals surface area (Å²) in [7, 11) is 1.29. The molecule has 2 N–H and O–H groups in total. The zero-order chi connectivity index (χ0) is 13.0. The monoisotopic (exact) mass is 261 g/mol. The summed E-state index contributed by atoms with van der Waals surface area (Å²) in [5, 5.41) is 0.642. The number of nitrogens with zero attached hydrogens (tertiary/aromatic N) is 2. The number of aromatic nitrogens is 2. The number of ether oxygens (including phenoxy) is 1. The van der Waals surface area contributed by atoms with Gasteiger partial charge in [-0.15, -0.1) is 0 Å². The molecule has 0 unspecified atom stereocenters. The first-order valence-electron chi connectivity index (χ1n) is 5.14. The van der Waals surface area contributed by atoms with Crippen molar-refractivity contribution in [2.75, 3.05) is 12.8 Å². The molecule has 0 aliphatic carbocycles. The summed E-state index contributed by atoms with van der Waals surface area (Å²) < 4.78 is 4.57. The van der Waals surface area contributed by atoms with Crippen molar-refractivity contribution in [2.45, 2.75) is 9.92 Å². The molecule has 0 aliphatic rings. The lowest BCUT2D eigenvalue weighted by Crippen LogP contribution is -2.07. The third kappa shape index (κ3) is 2.78. The predicted molar refractivity (Wildman–Crippen MR) is 68.3 cm³/mol. The van der Waals surface area contributed by atoms with Crippen LogP contribution in [0.4, 0.5) is 5.69 Å². The van der Waals surface area contributed by atoms with Crippen molar-refractivity contribution in [1.29, 1.82) is 0 Å². The minimum atomic E-state index is -0.557. The second-order valence-corrected chi connectivity index (χ2v) is 4.41. The average Bonchev–Trinajstić information content (AvgIpc) is 2.41. The minimum absolute atomic E-state index is 0.0389. The summed E-state index contributed by atoms with van der Waals surface area (Å²) in [6.45, 7) is 0. The van der Waals surface area contributed by atoms with Crippen molar-refractivity contribution >= 4 is 23.4 Å². The Labute approximate surface area is 108 Å². The van der Waals surface area contributed by atoms with E-state index in [1.807, 2.05) is 24.3 Å². The van der Waals surface area contributed by atoms with E-state index in [2.05, 4.69) is 14.7 Å². The Morgan fingerprint density at radius 1 is 1.33 bits per heavy atom.